The molecule has 168 valence electrons. The standard InChI is InChI=1S/C25H28N2O5/c1-16(22(28)26-15-25(23(29)30)12-6-7-13-25)27-24(31)32-14-21-19-10-4-2-8-17(19)18-9-3-5-11-20(18)21/h2-5,8-11,16,21H,6-7,12-15H2,1H3,(H,26,28)(H,27,31)(H,29,30)/t16-/m0/s1. The molecule has 4 rings (SSSR count). The third-order valence-corrected chi connectivity index (χ3v) is 6.69. The molecule has 1 saturated carbocycles. The van der Waals surface area contributed by atoms with E-state index in [1.165, 1.54) is 0 Å². The summed E-state index contributed by atoms with van der Waals surface area (Å²) in [7, 11) is 0. The molecule has 2 aromatic carbocycles. The average Bonchev–Trinajstić information content (AvgIpc) is 3.40. The Morgan fingerprint density at radius 3 is 2.16 bits per heavy atom. The number of carboxylic acid groups (broad SMARTS) is 1. The number of hydrogen-bond donors (Lipinski definition) is 3. The van der Waals surface area contributed by atoms with Crippen LogP contribution in [0, 0.1) is 5.41 Å². The van der Waals surface area contributed by atoms with Gasteiger partial charge in [-0.3, -0.25) is 9.59 Å². The van der Waals surface area contributed by atoms with Crippen LogP contribution >= 0.6 is 0 Å². The number of amides is 2. The number of carbonyl (C=O) groups is 3. The van der Waals surface area contributed by atoms with Crippen LogP contribution in [0.25, 0.3) is 11.1 Å². The highest BCUT2D eigenvalue weighted by Crippen LogP contribution is 2.44. The smallest absolute Gasteiger partial charge is 0.407 e. The Morgan fingerprint density at radius 1 is 1.03 bits per heavy atom. The van der Waals surface area contributed by atoms with Crippen LogP contribution in [0.1, 0.15) is 49.7 Å². The minimum absolute atomic E-state index is 0.0601. The number of benzene rings is 2. The minimum Gasteiger partial charge on any atom is -0.481 e. The van der Waals surface area contributed by atoms with E-state index >= 15 is 0 Å². The van der Waals surface area contributed by atoms with Crippen LogP contribution in [0.2, 0.25) is 0 Å². The monoisotopic (exact) mass is 436 g/mol. The Labute approximate surface area is 187 Å². The van der Waals surface area contributed by atoms with Gasteiger partial charge in [0.2, 0.25) is 5.91 Å². The van der Waals surface area contributed by atoms with Gasteiger partial charge in [0.25, 0.3) is 0 Å². The van der Waals surface area contributed by atoms with Gasteiger partial charge < -0.3 is 20.5 Å². The van der Waals surface area contributed by atoms with E-state index < -0.39 is 29.4 Å². The molecule has 1 fully saturated rings. The maximum absolute atomic E-state index is 12.4. The lowest BCUT2D eigenvalue weighted by Gasteiger charge is -2.25. The van der Waals surface area contributed by atoms with E-state index in [0.29, 0.717) is 12.8 Å². The highest BCUT2D eigenvalue weighted by atomic mass is 16.5. The molecule has 0 saturated heterocycles. The van der Waals surface area contributed by atoms with E-state index in [-0.39, 0.29) is 19.1 Å². The molecule has 2 amide bonds. The van der Waals surface area contributed by atoms with Crippen molar-refractivity contribution in [2.45, 2.75) is 44.6 Å². The zero-order chi connectivity index (χ0) is 22.7. The summed E-state index contributed by atoms with van der Waals surface area (Å²) >= 11 is 0. The molecule has 1 atom stereocenters. The number of ether oxygens (including phenoxy) is 1. The summed E-state index contributed by atoms with van der Waals surface area (Å²) in [5.41, 5.74) is 3.61. The molecule has 0 heterocycles. The Kier molecular flexibility index (Phi) is 6.17. The van der Waals surface area contributed by atoms with Crippen molar-refractivity contribution in [1.29, 1.82) is 0 Å². The molecular formula is C25H28N2O5. The molecule has 2 aromatic rings. The maximum atomic E-state index is 12.4. The van der Waals surface area contributed by atoms with Gasteiger partial charge in [-0.1, -0.05) is 61.4 Å². The number of carbonyl (C=O) groups excluding carboxylic acids is 2. The molecule has 3 N–H and O–H groups in total. The van der Waals surface area contributed by atoms with Crippen LogP contribution < -0.4 is 10.6 Å². The topological polar surface area (TPSA) is 105 Å². The molecule has 0 radical (unpaired) electrons. The Bertz CT molecular complexity index is 983. The van der Waals surface area contributed by atoms with Gasteiger partial charge in [-0.05, 0) is 42.0 Å². The summed E-state index contributed by atoms with van der Waals surface area (Å²) in [4.78, 5) is 36.4. The zero-order valence-corrected chi connectivity index (χ0v) is 18.1. The van der Waals surface area contributed by atoms with Crippen molar-refractivity contribution in [2.24, 2.45) is 5.41 Å². The molecule has 0 unspecified atom stereocenters. The first-order chi connectivity index (χ1) is 15.4. The number of nitrogens with one attached hydrogen (secondary N) is 2. The van der Waals surface area contributed by atoms with Crippen molar-refractivity contribution in [1.82, 2.24) is 10.6 Å². The van der Waals surface area contributed by atoms with Gasteiger partial charge in [-0.2, -0.15) is 0 Å². The molecule has 2 aliphatic carbocycles. The first-order valence-electron chi connectivity index (χ1n) is 11.0. The second-order valence-corrected chi connectivity index (χ2v) is 8.70. The predicted octanol–water partition coefficient (Wildman–Crippen LogP) is 3.67. The van der Waals surface area contributed by atoms with E-state index in [9.17, 15) is 19.5 Å². The lowest BCUT2D eigenvalue weighted by molar-refractivity contribution is -0.148. The van der Waals surface area contributed by atoms with Gasteiger partial charge in [-0.25, -0.2) is 4.79 Å². The fourth-order valence-electron chi connectivity index (χ4n) is 4.81. The quantitative estimate of drug-likeness (QED) is 0.614. The van der Waals surface area contributed by atoms with E-state index in [1.54, 1.807) is 6.92 Å². The highest BCUT2D eigenvalue weighted by Gasteiger charge is 2.41. The summed E-state index contributed by atoms with van der Waals surface area (Å²) in [6.45, 7) is 1.78. The second-order valence-electron chi connectivity index (χ2n) is 8.70. The lowest BCUT2D eigenvalue weighted by Crippen LogP contribution is -2.49. The largest absolute Gasteiger partial charge is 0.481 e. The van der Waals surface area contributed by atoms with E-state index in [2.05, 4.69) is 22.8 Å². The first-order valence-corrected chi connectivity index (χ1v) is 11.0. The Morgan fingerprint density at radius 2 is 1.59 bits per heavy atom. The summed E-state index contributed by atoms with van der Waals surface area (Å²) in [5.74, 6) is -1.37. The van der Waals surface area contributed by atoms with Gasteiger partial charge in [-0.15, -0.1) is 0 Å². The van der Waals surface area contributed by atoms with Crippen LogP contribution in [0.3, 0.4) is 0 Å². The van der Waals surface area contributed by atoms with Crippen molar-refractivity contribution in [3.8, 4) is 11.1 Å². The molecule has 0 bridgehead atoms. The molecule has 7 nitrogen and oxygen atoms in total. The molecule has 0 spiro atoms. The van der Waals surface area contributed by atoms with Gasteiger partial charge in [0, 0.05) is 12.5 Å². The third kappa shape index (κ3) is 4.20. The summed E-state index contributed by atoms with van der Waals surface area (Å²) in [5, 5.41) is 14.8. The van der Waals surface area contributed by atoms with Crippen molar-refractivity contribution in [3.63, 3.8) is 0 Å². The predicted molar refractivity (Wildman–Crippen MR) is 119 cm³/mol. The number of alkyl carbamates (subject to hydrolysis) is 1. The molecular weight excluding hydrogens is 408 g/mol. The lowest BCUT2D eigenvalue weighted by atomic mass is 9.86. The van der Waals surface area contributed by atoms with Crippen LogP contribution in [-0.4, -0.2) is 42.3 Å². The van der Waals surface area contributed by atoms with Crippen LogP contribution in [0.5, 0.6) is 0 Å². The summed E-state index contributed by atoms with van der Waals surface area (Å²) in [6.07, 6.45) is 2.11. The zero-order valence-electron chi connectivity index (χ0n) is 18.1. The van der Waals surface area contributed by atoms with Crippen LogP contribution in [0.15, 0.2) is 48.5 Å². The van der Waals surface area contributed by atoms with E-state index in [4.69, 9.17) is 4.74 Å². The summed E-state index contributed by atoms with van der Waals surface area (Å²) < 4.78 is 5.47. The first kappa shape index (κ1) is 21.9. The van der Waals surface area contributed by atoms with Crippen molar-refractivity contribution >= 4 is 18.0 Å². The fraction of sp³-hybridized carbons (Fsp3) is 0.400. The van der Waals surface area contributed by atoms with E-state index in [1.807, 2.05) is 36.4 Å². The number of aliphatic carboxylic acids is 1. The van der Waals surface area contributed by atoms with Gasteiger partial charge in [0.1, 0.15) is 12.6 Å². The maximum Gasteiger partial charge on any atom is 0.407 e. The average molecular weight is 437 g/mol. The van der Waals surface area contributed by atoms with Crippen molar-refractivity contribution in [3.05, 3.63) is 59.7 Å². The fourth-order valence-corrected chi connectivity index (χ4v) is 4.81. The van der Waals surface area contributed by atoms with Crippen LogP contribution in [-0.2, 0) is 14.3 Å². The SMILES string of the molecule is C[C@H](NC(=O)OCC1c2ccccc2-c2ccccc21)C(=O)NCC1(C(=O)O)CCCC1. The molecule has 2 aliphatic rings. The number of rotatable bonds is 7. The Balaban J connectivity index is 1.31. The number of carboxylic acids is 1. The minimum atomic E-state index is -0.904. The van der Waals surface area contributed by atoms with Crippen molar-refractivity contribution < 1.29 is 24.2 Å². The van der Waals surface area contributed by atoms with Crippen molar-refractivity contribution in [2.75, 3.05) is 13.2 Å². The van der Waals surface area contributed by atoms with Gasteiger partial charge in [0.15, 0.2) is 0 Å². The number of fused-ring (bicyclic) bond motifs is 3. The Hall–Kier alpha value is -3.35. The second kappa shape index (κ2) is 9.02. The molecule has 0 aromatic heterocycles. The van der Waals surface area contributed by atoms with Crippen LogP contribution in [0.4, 0.5) is 4.79 Å². The molecule has 7 heteroatoms. The third-order valence-electron chi connectivity index (χ3n) is 6.69. The van der Waals surface area contributed by atoms with E-state index in [0.717, 1.165) is 35.1 Å². The number of hydrogen-bond acceptors (Lipinski definition) is 4. The normalized spacial score (nSPS) is 17.2. The van der Waals surface area contributed by atoms with Gasteiger partial charge in [0.05, 0.1) is 5.41 Å². The van der Waals surface area contributed by atoms with Gasteiger partial charge >= 0.3 is 12.1 Å². The highest BCUT2D eigenvalue weighted by molar-refractivity contribution is 5.86. The summed E-state index contributed by atoms with van der Waals surface area (Å²) in [6, 6.07) is 15.3. The molecule has 32 heavy (non-hydrogen) atoms. The molecule has 0 aliphatic heterocycles.